The summed E-state index contributed by atoms with van der Waals surface area (Å²) in [5.74, 6) is -0.0688. The Hall–Kier alpha value is -3.86. The van der Waals surface area contributed by atoms with Gasteiger partial charge in [-0.2, -0.15) is 0 Å². The highest BCUT2D eigenvalue weighted by Crippen LogP contribution is 2.42. The van der Waals surface area contributed by atoms with Crippen LogP contribution in [0.3, 0.4) is 0 Å². The number of halogens is 1. The van der Waals surface area contributed by atoms with Crippen molar-refractivity contribution in [1.29, 1.82) is 0 Å². The Kier molecular flexibility index (Phi) is 9.44. The molecule has 6 rings (SSSR count). The van der Waals surface area contributed by atoms with Crippen LogP contribution in [0.2, 0.25) is 0 Å². The summed E-state index contributed by atoms with van der Waals surface area (Å²) >= 11 is 1.58. The second kappa shape index (κ2) is 13.6. The van der Waals surface area contributed by atoms with Gasteiger partial charge >= 0.3 is 0 Å². The van der Waals surface area contributed by atoms with Crippen molar-refractivity contribution in [3.05, 3.63) is 89.2 Å². The van der Waals surface area contributed by atoms with E-state index in [0.717, 1.165) is 29.7 Å². The molecule has 3 aromatic carbocycles. The summed E-state index contributed by atoms with van der Waals surface area (Å²) in [7, 11) is 3.60. The number of benzene rings is 3. The van der Waals surface area contributed by atoms with Crippen LogP contribution in [-0.4, -0.2) is 81.4 Å². The van der Waals surface area contributed by atoms with Crippen molar-refractivity contribution in [2.45, 2.75) is 24.8 Å². The Labute approximate surface area is 267 Å². The lowest BCUT2D eigenvalue weighted by Gasteiger charge is -2.40. The molecule has 2 atom stereocenters. The molecule has 0 radical (unpaired) electrons. The Morgan fingerprint density at radius 1 is 1.04 bits per heavy atom. The zero-order valence-electron chi connectivity index (χ0n) is 25.9. The number of piperidine rings is 1. The summed E-state index contributed by atoms with van der Waals surface area (Å²) in [5, 5.41) is 3.45. The number of nitrogens with one attached hydrogen (secondary N) is 1. The Bertz CT molecular complexity index is 1660. The number of carbonyl (C=O) groups is 2. The van der Waals surface area contributed by atoms with Gasteiger partial charge in [0.05, 0.1) is 24.5 Å². The van der Waals surface area contributed by atoms with Crippen molar-refractivity contribution in [2.75, 3.05) is 64.0 Å². The molecular formula is C35H39FN4O4S. The summed E-state index contributed by atoms with van der Waals surface area (Å²) in [6.45, 7) is 3.92. The molecule has 45 heavy (non-hydrogen) atoms. The number of furan rings is 1. The third kappa shape index (κ3) is 6.32. The van der Waals surface area contributed by atoms with Crippen molar-refractivity contribution < 1.29 is 23.1 Å². The first-order valence-corrected chi connectivity index (χ1v) is 16.6. The number of carbonyl (C=O) groups excluding carboxylic acids is 2. The predicted molar refractivity (Wildman–Crippen MR) is 177 cm³/mol. The Morgan fingerprint density at radius 3 is 2.47 bits per heavy atom. The van der Waals surface area contributed by atoms with E-state index in [4.69, 9.17) is 9.15 Å². The SMILES string of the molecule is CNC(=O)c1c(-c2ccc(F)cc2)oc2cc(N(C)SC)c([C@H]3CCCN(C(=O)C(c4ccccc4)N4CCOCC4)C3)cc12. The van der Waals surface area contributed by atoms with E-state index in [1.807, 2.05) is 54.6 Å². The molecule has 8 nitrogen and oxygen atoms in total. The maximum Gasteiger partial charge on any atom is 0.255 e. The smallest absolute Gasteiger partial charge is 0.255 e. The second-order valence-corrected chi connectivity index (χ2v) is 12.5. The largest absolute Gasteiger partial charge is 0.455 e. The van der Waals surface area contributed by atoms with Gasteiger partial charge < -0.3 is 23.7 Å². The van der Waals surface area contributed by atoms with Crippen LogP contribution in [0.25, 0.3) is 22.3 Å². The van der Waals surface area contributed by atoms with Gasteiger partial charge in [0.25, 0.3) is 5.91 Å². The van der Waals surface area contributed by atoms with Crippen molar-refractivity contribution in [3.63, 3.8) is 0 Å². The molecule has 2 fully saturated rings. The molecule has 10 heteroatoms. The minimum Gasteiger partial charge on any atom is -0.455 e. The van der Waals surface area contributed by atoms with Crippen LogP contribution in [-0.2, 0) is 9.53 Å². The Morgan fingerprint density at radius 2 is 1.78 bits per heavy atom. The van der Waals surface area contributed by atoms with E-state index in [9.17, 15) is 14.0 Å². The first kappa shape index (κ1) is 31.1. The number of nitrogens with zero attached hydrogens (tertiary/aromatic N) is 3. The number of likely N-dealkylation sites (tertiary alicyclic amines) is 1. The van der Waals surface area contributed by atoms with E-state index in [1.165, 1.54) is 12.1 Å². The zero-order valence-corrected chi connectivity index (χ0v) is 26.7. The number of ether oxygens (including phenoxy) is 1. The van der Waals surface area contributed by atoms with E-state index < -0.39 is 0 Å². The van der Waals surface area contributed by atoms with Gasteiger partial charge in [-0.05, 0) is 54.3 Å². The fourth-order valence-electron chi connectivity index (χ4n) is 6.59. The number of hydrogen-bond donors (Lipinski definition) is 1. The third-order valence-electron chi connectivity index (χ3n) is 8.94. The fourth-order valence-corrected chi connectivity index (χ4v) is 6.94. The van der Waals surface area contributed by atoms with E-state index in [2.05, 4.69) is 20.6 Å². The molecule has 2 saturated heterocycles. The van der Waals surface area contributed by atoms with E-state index in [1.54, 1.807) is 31.1 Å². The van der Waals surface area contributed by atoms with Gasteiger partial charge in [-0.25, -0.2) is 4.39 Å². The van der Waals surface area contributed by atoms with Gasteiger partial charge in [0.15, 0.2) is 0 Å². The summed E-state index contributed by atoms with van der Waals surface area (Å²) in [4.78, 5) is 31.9. The number of fused-ring (bicyclic) bond motifs is 1. The van der Waals surface area contributed by atoms with Crippen LogP contribution in [0.5, 0.6) is 0 Å². The van der Waals surface area contributed by atoms with Crippen LogP contribution in [0.15, 0.2) is 71.1 Å². The highest BCUT2D eigenvalue weighted by atomic mass is 32.2. The molecule has 0 spiro atoms. The average Bonchev–Trinajstić information content (AvgIpc) is 3.47. The minimum atomic E-state index is -0.364. The van der Waals surface area contributed by atoms with Crippen molar-refractivity contribution in [2.24, 2.45) is 0 Å². The minimum absolute atomic E-state index is 0.0551. The standard InChI is InChI=1S/C35H39FN4O4S/c1-37-34(41)31-28-20-27(29(38(2)45-3)21-30(28)44-33(31)24-11-13-26(36)14-12-24)25-10-7-15-40(22-25)35(42)32(23-8-5-4-6-9-23)39-16-18-43-19-17-39/h4-6,8-9,11-14,20-21,25,32H,7,10,15-19,22H2,1-3H3,(H,37,41)/t25-,32?/m0/s1. The van der Waals surface area contributed by atoms with E-state index in [-0.39, 0.29) is 29.6 Å². The quantitative estimate of drug-likeness (QED) is 0.236. The molecule has 2 amide bonds. The van der Waals surface area contributed by atoms with Crippen molar-refractivity contribution >= 4 is 40.4 Å². The normalized spacial score (nSPS) is 18.1. The van der Waals surface area contributed by atoms with E-state index >= 15 is 0 Å². The van der Waals surface area contributed by atoms with Crippen LogP contribution in [0.1, 0.15) is 46.3 Å². The summed E-state index contributed by atoms with van der Waals surface area (Å²) in [6, 6.07) is 19.7. The molecule has 236 valence electrons. The first-order chi connectivity index (χ1) is 21.9. The van der Waals surface area contributed by atoms with Gasteiger partial charge in [-0.1, -0.05) is 42.3 Å². The zero-order chi connectivity index (χ0) is 31.5. The molecule has 2 aliphatic heterocycles. The maximum atomic E-state index is 14.4. The molecule has 0 bridgehead atoms. The lowest BCUT2D eigenvalue weighted by Crippen LogP contribution is -2.49. The first-order valence-electron chi connectivity index (χ1n) is 15.4. The summed E-state index contributed by atoms with van der Waals surface area (Å²) in [6.07, 6.45) is 3.80. The lowest BCUT2D eigenvalue weighted by atomic mass is 9.87. The van der Waals surface area contributed by atoms with Gasteiger partial charge in [0, 0.05) is 69.5 Å². The number of hydrogen-bond acceptors (Lipinski definition) is 7. The molecule has 4 aromatic rings. The lowest BCUT2D eigenvalue weighted by molar-refractivity contribution is -0.140. The summed E-state index contributed by atoms with van der Waals surface area (Å²) < 4.78 is 27.8. The van der Waals surface area contributed by atoms with Crippen molar-refractivity contribution in [3.8, 4) is 11.3 Å². The van der Waals surface area contributed by atoms with E-state index in [0.29, 0.717) is 67.2 Å². The number of morpholine rings is 1. The molecule has 1 unspecified atom stereocenters. The molecule has 1 N–H and O–H groups in total. The van der Waals surface area contributed by atoms with Crippen molar-refractivity contribution in [1.82, 2.24) is 15.1 Å². The summed E-state index contributed by atoms with van der Waals surface area (Å²) in [5.41, 5.74) is 4.66. The molecule has 1 aromatic heterocycles. The molecule has 0 saturated carbocycles. The van der Waals surface area contributed by atoms with Gasteiger partial charge in [0.1, 0.15) is 23.2 Å². The van der Waals surface area contributed by atoms with Crippen LogP contribution < -0.4 is 9.62 Å². The number of amides is 2. The number of rotatable bonds is 8. The molecule has 3 heterocycles. The Balaban J connectivity index is 1.40. The third-order valence-corrected chi connectivity index (χ3v) is 9.69. The maximum absolute atomic E-state index is 14.4. The van der Waals surface area contributed by atoms with Crippen LogP contribution in [0, 0.1) is 5.82 Å². The number of anilines is 1. The molecule has 0 aliphatic carbocycles. The topological polar surface area (TPSA) is 78.3 Å². The average molecular weight is 631 g/mol. The monoisotopic (exact) mass is 630 g/mol. The molecular weight excluding hydrogens is 591 g/mol. The highest BCUT2D eigenvalue weighted by molar-refractivity contribution is 7.99. The van der Waals surface area contributed by atoms with Crippen LogP contribution in [0.4, 0.5) is 10.1 Å². The van der Waals surface area contributed by atoms with Gasteiger partial charge in [-0.15, -0.1) is 0 Å². The fraction of sp³-hybridized carbons (Fsp3) is 0.371. The highest BCUT2D eigenvalue weighted by Gasteiger charge is 2.36. The van der Waals surface area contributed by atoms with Gasteiger partial charge in [-0.3, -0.25) is 14.5 Å². The molecule has 2 aliphatic rings. The predicted octanol–water partition coefficient (Wildman–Crippen LogP) is 6.09. The van der Waals surface area contributed by atoms with Gasteiger partial charge in [0.2, 0.25) is 5.91 Å². The van der Waals surface area contributed by atoms with Crippen LogP contribution >= 0.6 is 11.9 Å². The second-order valence-electron chi connectivity index (χ2n) is 11.6.